The van der Waals surface area contributed by atoms with E-state index >= 15 is 0 Å². The van der Waals surface area contributed by atoms with E-state index in [1.165, 1.54) is 11.1 Å². The van der Waals surface area contributed by atoms with E-state index in [2.05, 4.69) is 55.5 Å². The second-order valence-electron chi connectivity index (χ2n) is 7.74. The zero-order valence-corrected chi connectivity index (χ0v) is 15.8. The Kier molecular flexibility index (Phi) is 6.42. The van der Waals surface area contributed by atoms with Crippen molar-refractivity contribution in [2.75, 3.05) is 6.54 Å². The van der Waals surface area contributed by atoms with Gasteiger partial charge in [0.15, 0.2) is 0 Å². The highest BCUT2D eigenvalue weighted by molar-refractivity contribution is 5.62. The Morgan fingerprint density at radius 1 is 1.27 bits per heavy atom. The van der Waals surface area contributed by atoms with Gasteiger partial charge in [-0.05, 0) is 35.9 Å². The standard InChI is InChI=1S/C18H24N2O2.C2H4O2/c1-18(2,3)14-6-4-5-12(9-14)15-10-13(7-8-19-15)16-11-17(21)20-22-16;1-2(3)4/h4-6,9,11,13,15,19H,7-8,10H2,1-3H3,(H,20,21);1H3,(H,3,4)/t13-,15+;/m0./s1. The van der Waals surface area contributed by atoms with E-state index in [1.807, 2.05) is 0 Å². The molecule has 26 heavy (non-hydrogen) atoms. The molecule has 0 unspecified atom stereocenters. The van der Waals surface area contributed by atoms with Gasteiger partial charge >= 0.3 is 0 Å². The molecule has 1 aromatic carbocycles. The van der Waals surface area contributed by atoms with Crippen molar-refractivity contribution in [3.8, 4) is 0 Å². The summed E-state index contributed by atoms with van der Waals surface area (Å²) in [6.07, 6.45) is 1.95. The van der Waals surface area contributed by atoms with E-state index < -0.39 is 5.97 Å². The van der Waals surface area contributed by atoms with Gasteiger partial charge in [0, 0.05) is 24.9 Å². The van der Waals surface area contributed by atoms with Crippen LogP contribution in [0.5, 0.6) is 0 Å². The van der Waals surface area contributed by atoms with E-state index in [4.69, 9.17) is 14.4 Å². The fraction of sp³-hybridized carbons (Fsp3) is 0.500. The molecule has 0 amide bonds. The molecule has 1 aromatic heterocycles. The Balaban J connectivity index is 0.000000552. The zero-order chi connectivity index (χ0) is 19.3. The summed E-state index contributed by atoms with van der Waals surface area (Å²) in [6.45, 7) is 8.72. The molecule has 142 valence electrons. The molecule has 0 spiro atoms. The van der Waals surface area contributed by atoms with Gasteiger partial charge in [0.05, 0.1) is 0 Å². The molecule has 3 N–H and O–H groups in total. The van der Waals surface area contributed by atoms with Gasteiger partial charge in [0.2, 0.25) is 0 Å². The molecule has 6 nitrogen and oxygen atoms in total. The van der Waals surface area contributed by atoms with Crippen LogP contribution in [-0.4, -0.2) is 22.8 Å². The number of piperidine rings is 1. The number of benzene rings is 1. The van der Waals surface area contributed by atoms with Gasteiger partial charge in [-0.2, -0.15) is 5.16 Å². The summed E-state index contributed by atoms with van der Waals surface area (Å²) in [5.41, 5.74) is 2.66. The largest absolute Gasteiger partial charge is 0.481 e. The van der Waals surface area contributed by atoms with Crippen molar-refractivity contribution in [3.05, 3.63) is 57.6 Å². The summed E-state index contributed by atoms with van der Waals surface area (Å²) in [6, 6.07) is 10.7. The highest BCUT2D eigenvalue weighted by Gasteiger charge is 2.27. The second-order valence-corrected chi connectivity index (χ2v) is 7.74. The summed E-state index contributed by atoms with van der Waals surface area (Å²) in [5, 5.41) is 13.4. The van der Waals surface area contributed by atoms with Crippen LogP contribution in [0, 0.1) is 0 Å². The zero-order valence-electron chi connectivity index (χ0n) is 15.8. The van der Waals surface area contributed by atoms with E-state index in [9.17, 15) is 4.79 Å². The minimum atomic E-state index is -0.833. The molecule has 2 atom stereocenters. The van der Waals surface area contributed by atoms with Gasteiger partial charge < -0.3 is 14.9 Å². The minimum absolute atomic E-state index is 0.150. The van der Waals surface area contributed by atoms with E-state index in [0.717, 1.165) is 32.1 Å². The quantitative estimate of drug-likeness (QED) is 0.761. The minimum Gasteiger partial charge on any atom is -0.481 e. The normalized spacial score (nSPS) is 20.2. The smallest absolute Gasteiger partial charge is 0.300 e. The first kappa shape index (κ1) is 20.0. The summed E-state index contributed by atoms with van der Waals surface area (Å²) in [7, 11) is 0. The van der Waals surface area contributed by atoms with Gasteiger partial charge in [-0.25, -0.2) is 0 Å². The van der Waals surface area contributed by atoms with Crippen LogP contribution in [0.4, 0.5) is 0 Å². The van der Waals surface area contributed by atoms with Crippen molar-refractivity contribution >= 4 is 5.97 Å². The first-order valence-corrected chi connectivity index (χ1v) is 8.88. The first-order chi connectivity index (χ1) is 12.2. The molecule has 2 heterocycles. The van der Waals surface area contributed by atoms with Crippen molar-refractivity contribution < 1.29 is 14.4 Å². The molecule has 1 saturated heterocycles. The van der Waals surface area contributed by atoms with Crippen LogP contribution < -0.4 is 10.9 Å². The van der Waals surface area contributed by atoms with Crippen LogP contribution in [0.3, 0.4) is 0 Å². The van der Waals surface area contributed by atoms with E-state index in [-0.39, 0.29) is 11.0 Å². The van der Waals surface area contributed by atoms with Crippen molar-refractivity contribution in [2.45, 2.75) is 57.9 Å². The Morgan fingerprint density at radius 2 is 1.96 bits per heavy atom. The number of aromatic amines is 1. The third-order valence-electron chi connectivity index (χ3n) is 4.50. The van der Waals surface area contributed by atoms with Gasteiger partial charge in [-0.3, -0.25) is 9.59 Å². The lowest BCUT2D eigenvalue weighted by atomic mass is 9.83. The Bertz CT molecular complexity index is 781. The highest BCUT2D eigenvalue weighted by Crippen LogP contribution is 2.34. The number of carboxylic acids is 1. The molecule has 6 heteroatoms. The van der Waals surface area contributed by atoms with Crippen molar-refractivity contribution in [3.63, 3.8) is 0 Å². The fourth-order valence-electron chi connectivity index (χ4n) is 3.15. The molecule has 0 bridgehead atoms. The number of aromatic nitrogens is 1. The number of aliphatic carboxylic acids is 1. The third-order valence-corrected chi connectivity index (χ3v) is 4.50. The average molecular weight is 360 g/mol. The molecule has 1 aliphatic heterocycles. The number of nitrogens with one attached hydrogen (secondary N) is 2. The summed E-state index contributed by atoms with van der Waals surface area (Å²) < 4.78 is 5.30. The monoisotopic (exact) mass is 360 g/mol. The molecular weight excluding hydrogens is 332 g/mol. The predicted octanol–water partition coefficient (Wildman–Crippen LogP) is 3.56. The molecule has 1 fully saturated rings. The number of rotatable bonds is 2. The lowest BCUT2D eigenvalue weighted by molar-refractivity contribution is -0.134. The van der Waals surface area contributed by atoms with E-state index in [1.54, 1.807) is 6.07 Å². The van der Waals surface area contributed by atoms with Crippen LogP contribution in [0.25, 0.3) is 0 Å². The second kappa shape index (κ2) is 8.36. The van der Waals surface area contributed by atoms with Gasteiger partial charge in [-0.15, -0.1) is 0 Å². The fourth-order valence-corrected chi connectivity index (χ4v) is 3.15. The average Bonchev–Trinajstić information content (AvgIpc) is 3.00. The molecule has 2 aromatic rings. The molecule has 0 saturated carbocycles. The van der Waals surface area contributed by atoms with Crippen LogP contribution >= 0.6 is 0 Å². The number of carboxylic acid groups (broad SMARTS) is 1. The van der Waals surface area contributed by atoms with E-state index in [0.29, 0.717) is 12.0 Å². The Hall–Kier alpha value is -2.34. The van der Waals surface area contributed by atoms with Crippen LogP contribution in [0.1, 0.15) is 69.4 Å². The molecule has 1 aliphatic rings. The van der Waals surface area contributed by atoms with Crippen LogP contribution in [0.15, 0.2) is 39.6 Å². The van der Waals surface area contributed by atoms with Crippen molar-refractivity contribution in [2.24, 2.45) is 0 Å². The van der Waals surface area contributed by atoms with Gasteiger partial charge in [0.1, 0.15) is 5.76 Å². The summed E-state index contributed by atoms with van der Waals surface area (Å²) >= 11 is 0. The number of hydrogen-bond donors (Lipinski definition) is 3. The third kappa shape index (κ3) is 5.59. The topological polar surface area (TPSA) is 95.3 Å². The number of hydrogen-bond acceptors (Lipinski definition) is 4. The van der Waals surface area contributed by atoms with Crippen molar-refractivity contribution in [1.82, 2.24) is 10.5 Å². The van der Waals surface area contributed by atoms with Gasteiger partial charge in [0.25, 0.3) is 11.5 Å². The molecule has 3 rings (SSSR count). The first-order valence-electron chi connectivity index (χ1n) is 8.88. The van der Waals surface area contributed by atoms with Crippen LogP contribution in [-0.2, 0) is 10.2 Å². The SMILES string of the molecule is CC(=O)O.CC(C)(C)c1cccc([C@H]2C[C@@H](c3cc(=O)[nH]o3)CCN2)c1. The van der Waals surface area contributed by atoms with Gasteiger partial charge in [-0.1, -0.05) is 45.0 Å². The molecule has 0 aliphatic carbocycles. The lowest BCUT2D eigenvalue weighted by Gasteiger charge is -2.30. The van der Waals surface area contributed by atoms with Crippen molar-refractivity contribution in [1.29, 1.82) is 0 Å². The lowest BCUT2D eigenvalue weighted by Crippen LogP contribution is -2.31. The molecular formula is C20H28N2O4. The summed E-state index contributed by atoms with van der Waals surface area (Å²) in [4.78, 5) is 20.3. The Labute approximate surface area is 153 Å². The number of carbonyl (C=O) groups is 1. The maximum absolute atomic E-state index is 11.3. The highest BCUT2D eigenvalue weighted by atomic mass is 16.5. The predicted molar refractivity (Wildman–Crippen MR) is 100 cm³/mol. The maximum Gasteiger partial charge on any atom is 0.300 e. The summed E-state index contributed by atoms with van der Waals surface area (Å²) in [5.74, 6) is 0.243. The molecule has 0 radical (unpaired) electrons. The maximum atomic E-state index is 11.3. The number of H-pyrrole nitrogens is 1. The van der Waals surface area contributed by atoms with Crippen LogP contribution in [0.2, 0.25) is 0 Å². The Morgan fingerprint density at radius 3 is 2.54 bits per heavy atom.